The van der Waals surface area contributed by atoms with Crippen molar-refractivity contribution in [1.29, 1.82) is 0 Å². The molecule has 0 aromatic rings. The number of carbonyl (C=O) groups is 3. The van der Waals surface area contributed by atoms with Gasteiger partial charge in [0, 0.05) is 13.8 Å². The zero-order valence-electron chi connectivity index (χ0n) is 7.92. The van der Waals surface area contributed by atoms with Crippen LogP contribution < -0.4 is 5.32 Å². The zero-order chi connectivity index (χ0) is 10.4. The molecule has 0 rings (SSSR count). The lowest BCUT2D eigenvalue weighted by molar-refractivity contribution is -0.146. The number of Topliss-reactive ketones (excluding diaryl/α,β-unsaturated/α-hetero) is 1. The first-order chi connectivity index (χ1) is 5.93. The molecule has 0 aliphatic heterocycles. The van der Waals surface area contributed by atoms with Crippen molar-refractivity contribution in [2.75, 3.05) is 6.61 Å². The number of ether oxygens (including phenoxy) is 1. The van der Waals surface area contributed by atoms with Crippen molar-refractivity contribution in [3.63, 3.8) is 0 Å². The van der Waals surface area contributed by atoms with Gasteiger partial charge in [-0.25, -0.2) is 0 Å². The van der Waals surface area contributed by atoms with Crippen LogP contribution in [0.4, 0.5) is 0 Å². The van der Waals surface area contributed by atoms with Crippen LogP contribution in [-0.2, 0) is 19.1 Å². The Kier molecular flexibility index (Phi) is 4.72. The molecule has 0 heterocycles. The quantitative estimate of drug-likeness (QED) is 0.610. The van der Waals surface area contributed by atoms with Crippen LogP contribution in [0, 0.1) is 0 Å². The van der Waals surface area contributed by atoms with E-state index in [0.29, 0.717) is 0 Å². The van der Waals surface area contributed by atoms with Crippen molar-refractivity contribution in [1.82, 2.24) is 5.32 Å². The van der Waals surface area contributed by atoms with E-state index >= 15 is 0 Å². The van der Waals surface area contributed by atoms with E-state index in [9.17, 15) is 14.4 Å². The first kappa shape index (κ1) is 11.6. The topological polar surface area (TPSA) is 72.5 Å². The van der Waals surface area contributed by atoms with Crippen molar-refractivity contribution in [3.05, 3.63) is 0 Å². The van der Waals surface area contributed by atoms with Gasteiger partial charge in [0.1, 0.15) is 0 Å². The zero-order valence-corrected chi connectivity index (χ0v) is 7.92. The molecule has 1 unspecified atom stereocenters. The third kappa shape index (κ3) is 5.84. The maximum Gasteiger partial charge on any atom is 0.303 e. The number of esters is 1. The molecule has 5 nitrogen and oxygen atoms in total. The Morgan fingerprint density at radius 2 is 1.85 bits per heavy atom. The summed E-state index contributed by atoms with van der Waals surface area (Å²) in [5.41, 5.74) is 0. The van der Waals surface area contributed by atoms with E-state index in [4.69, 9.17) is 0 Å². The van der Waals surface area contributed by atoms with Gasteiger partial charge in [0.15, 0.2) is 12.4 Å². The van der Waals surface area contributed by atoms with Crippen LogP contribution in [0.2, 0.25) is 0 Å². The summed E-state index contributed by atoms with van der Waals surface area (Å²) in [6.45, 7) is 3.77. The Hall–Kier alpha value is -1.39. The molecule has 0 aromatic carbocycles. The Morgan fingerprint density at radius 3 is 2.23 bits per heavy atom. The summed E-state index contributed by atoms with van der Waals surface area (Å²) in [7, 11) is 0. The predicted octanol–water partition coefficient (Wildman–Crippen LogP) is -0.357. The van der Waals surface area contributed by atoms with Gasteiger partial charge in [-0.1, -0.05) is 0 Å². The highest BCUT2D eigenvalue weighted by molar-refractivity contribution is 5.89. The third-order valence-electron chi connectivity index (χ3n) is 1.32. The smallest absolute Gasteiger partial charge is 0.303 e. The Bertz CT molecular complexity index is 224. The average Bonchev–Trinajstić information content (AvgIpc) is 1.98. The molecular weight excluding hydrogens is 174 g/mol. The monoisotopic (exact) mass is 187 g/mol. The van der Waals surface area contributed by atoms with Crippen molar-refractivity contribution < 1.29 is 19.1 Å². The molecule has 0 saturated heterocycles. The second-order valence-electron chi connectivity index (χ2n) is 2.67. The summed E-state index contributed by atoms with van der Waals surface area (Å²) >= 11 is 0. The van der Waals surface area contributed by atoms with Crippen molar-refractivity contribution >= 4 is 17.7 Å². The summed E-state index contributed by atoms with van der Waals surface area (Å²) in [6.07, 6.45) is 0. The number of nitrogens with one attached hydrogen (secondary N) is 1. The molecule has 5 heteroatoms. The molecule has 0 radical (unpaired) electrons. The van der Waals surface area contributed by atoms with Crippen LogP contribution in [0.1, 0.15) is 20.8 Å². The molecule has 0 fully saturated rings. The van der Waals surface area contributed by atoms with E-state index in [1.54, 1.807) is 0 Å². The Morgan fingerprint density at radius 1 is 1.31 bits per heavy atom. The number of hydrogen-bond acceptors (Lipinski definition) is 4. The summed E-state index contributed by atoms with van der Waals surface area (Å²) in [6, 6.07) is -0.614. The van der Waals surface area contributed by atoms with E-state index in [0.717, 1.165) is 0 Å². The van der Waals surface area contributed by atoms with Crippen molar-refractivity contribution in [2.24, 2.45) is 0 Å². The number of ketones is 1. The fraction of sp³-hybridized carbons (Fsp3) is 0.625. The Labute approximate surface area is 76.4 Å². The first-order valence-electron chi connectivity index (χ1n) is 3.86. The molecule has 0 bridgehead atoms. The standard InChI is InChI=1S/C8H13NO4/c1-5(9-6(2)10)8(12)4-13-7(3)11/h5H,4H2,1-3H3,(H,9,10). The molecule has 0 spiro atoms. The average molecular weight is 187 g/mol. The van der Waals surface area contributed by atoms with Gasteiger partial charge in [0.2, 0.25) is 5.91 Å². The largest absolute Gasteiger partial charge is 0.458 e. The van der Waals surface area contributed by atoms with Gasteiger partial charge >= 0.3 is 5.97 Å². The van der Waals surface area contributed by atoms with Crippen LogP contribution in [-0.4, -0.2) is 30.3 Å². The minimum atomic E-state index is -0.614. The fourth-order valence-electron chi connectivity index (χ4n) is 0.683. The lowest BCUT2D eigenvalue weighted by Crippen LogP contribution is -2.39. The maximum absolute atomic E-state index is 11.1. The van der Waals surface area contributed by atoms with Gasteiger partial charge in [0.25, 0.3) is 0 Å². The summed E-state index contributed by atoms with van der Waals surface area (Å²) in [4.78, 5) is 31.9. The number of hydrogen-bond donors (Lipinski definition) is 1. The SMILES string of the molecule is CC(=O)NC(C)C(=O)COC(C)=O. The van der Waals surface area contributed by atoms with Gasteiger partial charge in [-0.2, -0.15) is 0 Å². The molecule has 0 saturated carbocycles. The highest BCUT2D eigenvalue weighted by Crippen LogP contribution is 1.87. The summed E-state index contributed by atoms with van der Waals surface area (Å²) < 4.78 is 4.47. The van der Waals surface area contributed by atoms with Crippen LogP contribution in [0.5, 0.6) is 0 Å². The summed E-state index contributed by atoms with van der Waals surface area (Å²) in [5.74, 6) is -1.13. The molecular formula is C8H13NO4. The fourth-order valence-corrected chi connectivity index (χ4v) is 0.683. The van der Waals surface area contributed by atoms with E-state index in [2.05, 4.69) is 10.1 Å². The normalized spacial score (nSPS) is 11.6. The molecule has 1 amide bonds. The third-order valence-corrected chi connectivity index (χ3v) is 1.32. The van der Waals surface area contributed by atoms with Crippen molar-refractivity contribution in [3.8, 4) is 0 Å². The van der Waals surface area contributed by atoms with Crippen LogP contribution in [0.15, 0.2) is 0 Å². The first-order valence-corrected chi connectivity index (χ1v) is 3.86. The van der Waals surface area contributed by atoms with Crippen LogP contribution >= 0.6 is 0 Å². The molecule has 0 aliphatic carbocycles. The minimum Gasteiger partial charge on any atom is -0.458 e. The van der Waals surface area contributed by atoms with Crippen LogP contribution in [0.3, 0.4) is 0 Å². The Balaban J connectivity index is 3.82. The van der Waals surface area contributed by atoms with Gasteiger partial charge in [0.05, 0.1) is 6.04 Å². The number of amides is 1. The van der Waals surface area contributed by atoms with Gasteiger partial charge in [-0.05, 0) is 6.92 Å². The van der Waals surface area contributed by atoms with E-state index in [-0.39, 0.29) is 18.3 Å². The second-order valence-corrected chi connectivity index (χ2v) is 2.67. The second kappa shape index (κ2) is 5.29. The molecule has 1 N–H and O–H groups in total. The van der Waals surface area contributed by atoms with Crippen molar-refractivity contribution in [2.45, 2.75) is 26.8 Å². The molecule has 0 aromatic heterocycles. The van der Waals surface area contributed by atoms with E-state index in [1.807, 2.05) is 0 Å². The minimum absolute atomic E-state index is 0.288. The molecule has 0 aliphatic rings. The molecule has 13 heavy (non-hydrogen) atoms. The van der Waals surface area contributed by atoms with E-state index < -0.39 is 12.0 Å². The van der Waals surface area contributed by atoms with Gasteiger partial charge in [-0.3, -0.25) is 14.4 Å². The number of carbonyl (C=O) groups excluding carboxylic acids is 3. The van der Waals surface area contributed by atoms with Crippen LogP contribution in [0.25, 0.3) is 0 Å². The highest BCUT2D eigenvalue weighted by atomic mass is 16.5. The predicted molar refractivity (Wildman–Crippen MR) is 44.9 cm³/mol. The summed E-state index contributed by atoms with van der Waals surface area (Å²) in [5, 5.41) is 2.39. The maximum atomic E-state index is 11.1. The van der Waals surface area contributed by atoms with E-state index in [1.165, 1.54) is 20.8 Å². The number of rotatable bonds is 4. The lowest BCUT2D eigenvalue weighted by Gasteiger charge is -2.10. The molecule has 1 atom stereocenters. The lowest BCUT2D eigenvalue weighted by atomic mass is 10.2. The van der Waals surface area contributed by atoms with Gasteiger partial charge in [-0.15, -0.1) is 0 Å². The highest BCUT2D eigenvalue weighted by Gasteiger charge is 2.14. The molecule has 74 valence electrons. The van der Waals surface area contributed by atoms with Gasteiger partial charge < -0.3 is 10.1 Å².